The Morgan fingerprint density at radius 3 is 1.24 bits per heavy atom. The molecule has 50 heavy (non-hydrogen) atoms. The van der Waals surface area contributed by atoms with Crippen molar-refractivity contribution in [2.24, 2.45) is 0 Å². The summed E-state index contributed by atoms with van der Waals surface area (Å²) in [6.07, 6.45) is -6.44. The molecule has 0 bridgehead atoms. The first-order chi connectivity index (χ1) is 23.7. The minimum atomic E-state index is -4.68. The van der Waals surface area contributed by atoms with Crippen LogP contribution in [0.4, 0.5) is 26.3 Å². The first-order valence-corrected chi connectivity index (χ1v) is 17.2. The van der Waals surface area contributed by atoms with E-state index in [1.165, 1.54) is 35.7 Å². The van der Waals surface area contributed by atoms with Gasteiger partial charge < -0.3 is 19.7 Å². The van der Waals surface area contributed by atoms with E-state index in [-0.39, 0.29) is 0 Å². The highest BCUT2D eigenvalue weighted by Gasteiger charge is 2.36. The molecule has 0 atom stereocenters. The van der Waals surface area contributed by atoms with Crippen molar-refractivity contribution >= 4 is 35.5 Å². The van der Waals surface area contributed by atoms with Crippen molar-refractivity contribution in [1.82, 2.24) is 0 Å². The predicted octanol–water partition coefficient (Wildman–Crippen LogP) is 9.77. The summed E-state index contributed by atoms with van der Waals surface area (Å²) < 4.78 is 90.3. The maximum atomic E-state index is 13.5. The summed E-state index contributed by atoms with van der Waals surface area (Å²) in [7, 11) is 0. The molecule has 266 valence electrons. The Bertz CT molecular complexity index is 1610. The number of benzene rings is 4. The van der Waals surface area contributed by atoms with Crippen LogP contribution in [-0.2, 0) is 34.8 Å². The second kappa shape index (κ2) is 17.6. The SMILES string of the molecule is O=C(O)COc1ccc(SCCCc2ccc(-c3ccc(CCCSc4ccc(OCC(=O)O)c(C(F)(F)F)c4)cc3)cc2)cc1C(F)(F)F. The fraction of sp³-hybridized carbons (Fsp3) is 0.278. The van der Waals surface area contributed by atoms with Crippen molar-refractivity contribution in [1.29, 1.82) is 0 Å². The van der Waals surface area contributed by atoms with E-state index in [1.807, 2.05) is 48.5 Å². The van der Waals surface area contributed by atoms with Crippen molar-refractivity contribution in [3.8, 4) is 22.6 Å². The minimum absolute atomic E-state index is 0.411. The predicted molar refractivity (Wildman–Crippen MR) is 179 cm³/mol. The summed E-state index contributed by atoms with van der Waals surface area (Å²) in [6, 6.07) is 23.3. The number of aryl methyl sites for hydroxylation is 2. The van der Waals surface area contributed by atoms with Gasteiger partial charge in [0.1, 0.15) is 11.5 Å². The molecule has 4 aromatic rings. The summed E-state index contributed by atoms with van der Waals surface area (Å²) >= 11 is 2.56. The molecular weight excluding hydrogens is 707 g/mol. The van der Waals surface area contributed by atoms with Gasteiger partial charge in [-0.1, -0.05) is 48.5 Å². The second-order valence-corrected chi connectivity index (χ2v) is 13.3. The van der Waals surface area contributed by atoms with Crippen molar-refractivity contribution in [3.05, 3.63) is 107 Å². The molecule has 0 heterocycles. The zero-order valence-corrected chi connectivity index (χ0v) is 28.0. The lowest BCUT2D eigenvalue weighted by atomic mass is 10.0. The van der Waals surface area contributed by atoms with Crippen LogP contribution in [0.25, 0.3) is 11.1 Å². The van der Waals surface area contributed by atoms with Gasteiger partial charge in [0.25, 0.3) is 0 Å². The third kappa shape index (κ3) is 11.9. The van der Waals surface area contributed by atoms with Gasteiger partial charge in [0.2, 0.25) is 0 Å². The van der Waals surface area contributed by atoms with Crippen LogP contribution in [0.1, 0.15) is 35.1 Å². The normalized spacial score (nSPS) is 11.7. The van der Waals surface area contributed by atoms with Crippen LogP contribution in [-0.4, -0.2) is 46.9 Å². The Kier molecular flexibility index (Phi) is 13.5. The minimum Gasteiger partial charge on any atom is -0.481 e. The lowest BCUT2D eigenvalue weighted by molar-refractivity contribution is -0.143. The summed E-state index contributed by atoms with van der Waals surface area (Å²) in [4.78, 5) is 22.2. The Balaban J connectivity index is 1.22. The quantitative estimate of drug-likeness (QED) is 0.0629. The number of aliphatic carboxylic acids is 2. The van der Waals surface area contributed by atoms with Crippen molar-refractivity contribution in [2.75, 3.05) is 24.7 Å². The highest BCUT2D eigenvalue weighted by Crippen LogP contribution is 2.40. The molecule has 0 aliphatic carbocycles. The Labute approximate surface area is 292 Å². The van der Waals surface area contributed by atoms with E-state index in [1.54, 1.807) is 0 Å². The van der Waals surface area contributed by atoms with Crippen molar-refractivity contribution < 1.29 is 55.6 Å². The molecule has 4 aromatic carbocycles. The van der Waals surface area contributed by atoms with Gasteiger partial charge in [-0.2, -0.15) is 26.3 Å². The van der Waals surface area contributed by atoms with Gasteiger partial charge in [-0.15, -0.1) is 23.5 Å². The molecule has 0 saturated heterocycles. The van der Waals surface area contributed by atoms with Crippen molar-refractivity contribution in [2.45, 2.75) is 47.8 Å². The Morgan fingerprint density at radius 2 is 0.920 bits per heavy atom. The molecule has 0 spiro atoms. The number of carboxylic acids is 2. The van der Waals surface area contributed by atoms with Crippen LogP contribution in [0, 0.1) is 0 Å². The molecule has 6 nitrogen and oxygen atoms in total. The number of halogens is 6. The molecule has 0 radical (unpaired) electrons. The maximum Gasteiger partial charge on any atom is 0.420 e. The number of carbonyl (C=O) groups is 2. The summed E-state index contributed by atoms with van der Waals surface area (Å²) in [5.41, 5.74) is 2.19. The van der Waals surface area contributed by atoms with E-state index in [0.717, 1.165) is 72.2 Å². The molecule has 0 aliphatic rings. The first kappa shape index (κ1) is 38.5. The van der Waals surface area contributed by atoms with E-state index in [4.69, 9.17) is 19.7 Å². The zero-order valence-electron chi connectivity index (χ0n) is 26.4. The average Bonchev–Trinajstić information content (AvgIpc) is 3.07. The van der Waals surface area contributed by atoms with E-state index >= 15 is 0 Å². The molecule has 0 aliphatic heterocycles. The van der Waals surface area contributed by atoms with E-state index < -0.39 is 60.1 Å². The smallest absolute Gasteiger partial charge is 0.420 e. The molecule has 0 unspecified atom stereocenters. The number of ether oxygens (including phenoxy) is 2. The number of hydrogen-bond donors (Lipinski definition) is 2. The molecule has 0 aromatic heterocycles. The van der Waals surface area contributed by atoms with Crippen LogP contribution in [0.3, 0.4) is 0 Å². The second-order valence-electron chi connectivity index (χ2n) is 11.0. The number of thioether (sulfide) groups is 2. The third-order valence-corrected chi connectivity index (χ3v) is 9.37. The topological polar surface area (TPSA) is 93.1 Å². The lowest BCUT2D eigenvalue weighted by Crippen LogP contribution is -2.14. The number of carboxylic acid groups (broad SMARTS) is 2. The standard InChI is InChI=1S/C36H32F6O6S2/c37-35(38,39)29-19-27(13-15-31(29)47-21-33(43)44)49-17-1-3-23-5-9-25(10-6-23)26-11-7-24(8-12-26)4-2-18-50-28-14-16-32(48-22-34(45)46)30(20-28)36(40,41)42/h5-16,19-20H,1-4,17-18,21-22H2,(H,43,44)(H,45,46). The maximum absolute atomic E-state index is 13.5. The van der Waals surface area contributed by atoms with Gasteiger partial charge in [0.15, 0.2) is 13.2 Å². The first-order valence-electron chi connectivity index (χ1n) is 15.2. The Hall–Kier alpha value is -4.30. The third-order valence-electron chi connectivity index (χ3n) is 7.21. The number of hydrogen-bond acceptors (Lipinski definition) is 6. The summed E-state index contributed by atoms with van der Waals surface area (Å²) in [5, 5.41) is 17.4. The molecule has 4 rings (SSSR count). The molecule has 2 N–H and O–H groups in total. The van der Waals surface area contributed by atoms with Gasteiger partial charge in [-0.3, -0.25) is 0 Å². The van der Waals surface area contributed by atoms with Gasteiger partial charge in [0.05, 0.1) is 11.1 Å². The van der Waals surface area contributed by atoms with Gasteiger partial charge in [-0.25, -0.2) is 9.59 Å². The van der Waals surface area contributed by atoms with E-state index in [0.29, 0.717) is 21.3 Å². The van der Waals surface area contributed by atoms with Crippen LogP contribution in [0.5, 0.6) is 11.5 Å². The molecule has 0 fully saturated rings. The highest BCUT2D eigenvalue weighted by molar-refractivity contribution is 7.99. The van der Waals surface area contributed by atoms with Gasteiger partial charge in [0, 0.05) is 9.79 Å². The number of alkyl halides is 6. The summed E-state index contributed by atoms with van der Waals surface area (Å²) in [5.74, 6) is -2.60. The van der Waals surface area contributed by atoms with Crippen LogP contribution in [0.2, 0.25) is 0 Å². The van der Waals surface area contributed by atoms with E-state index in [2.05, 4.69) is 0 Å². The van der Waals surface area contributed by atoms with E-state index in [9.17, 15) is 35.9 Å². The van der Waals surface area contributed by atoms with Crippen LogP contribution in [0.15, 0.2) is 94.7 Å². The largest absolute Gasteiger partial charge is 0.481 e. The van der Waals surface area contributed by atoms with Gasteiger partial charge >= 0.3 is 24.3 Å². The fourth-order valence-corrected chi connectivity index (χ4v) is 6.61. The average molecular weight is 739 g/mol. The lowest BCUT2D eigenvalue weighted by Gasteiger charge is -2.14. The number of rotatable bonds is 17. The van der Waals surface area contributed by atoms with Gasteiger partial charge in [-0.05, 0) is 95.8 Å². The van der Waals surface area contributed by atoms with Crippen molar-refractivity contribution in [3.63, 3.8) is 0 Å². The fourth-order valence-electron chi connectivity index (χ4n) is 4.83. The molecule has 0 saturated carbocycles. The monoisotopic (exact) mass is 738 g/mol. The Morgan fingerprint density at radius 1 is 0.560 bits per heavy atom. The summed E-state index contributed by atoms with van der Waals surface area (Å²) in [6.45, 7) is -1.73. The molecule has 0 amide bonds. The van der Waals surface area contributed by atoms with Crippen LogP contribution >= 0.6 is 23.5 Å². The zero-order chi connectivity index (χ0) is 36.3. The molecular formula is C36H32F6O6S2. The molecule has 14 heteroatoms. The highest BCUT2D eigenvalue weighted by atomic mass is 32.2. The van der Waals surface area contributed by atoms with Crippen LogP contribution < -0.4 is 9.47 Å².